The molecular formula is C30H44N2O6. The van der Waals surface area contributed by atoms with Crippen LogP contribution in [0.25, 0.3) is 0 Å². The van der Waals surface area contributed by atoms with E-state index in [1.165, 1.54) is 11.1 Å². The van der Waals surface area contributed by atoms with E-state index in [1.54, 1.807) is 12.0 Å². The average molecular weight is 529 g/mol. The van der Waals surface area contributed by atoms with Gasteiger partial charge < -0.3 is 23.7 Å². The van der Waals surface area contributed by atoms with Crippen molar-refractivity contribution in [3.63, 3.8) is 0 Å². The van der Waals surface area contributed by atoms with Crippen LogP contribution in [0.15, 0.2) is 60.7 Å². The smallest absolute Gasteiger partial charge is 0.412 e. The molecule has 1 heterocycles. The molecule has 0 unspecified atom stereocenters. The van der Waals surface area contributed by atoms with Crippen molar-refractivity contribution in [2.24, 2.45) is 0 Å². The molecule has 1 atom stereocenters. The number of hydrogen-bond donors (Lipinski definition) is 0. The molecule has 0 bridgehead atoms. The number of rotatable bonds is 15. The van der Waals surface area contributed by atoms with Crippen LogP contribution in [0, 0.1) is 0 Å². The first-order chi connectivity index (χ1) is 18.2. The van der Waals surface area contributed by atoms with Crippen molar-refractivity contribution in [3.8, 4) is 0 Å². The van der Waals surface area contributed by atoms with Gasteiger partial charge in [-0.25, -0.2) is 4.79 Å². The Hall–Kier alpha value is -2.49. The van der Waals surface area contributed by atoms with E-state index < -0.39 is 11.3 Å². The van der Waals surface area contributed by atoms with Crippen LogP contribution in [0.1, 0.15) is 45.2 Å². The normalized spacial score (nSPS) is 17.1. The Bertz CT molecular complexity index is 896. The number of benzene rings is 2. The van der Waals surface area contributed by atoms with E-state index in [4.69, 9.17) is 23.7 Å². The van der Waals surface area contributed by atoms with Crippen LogP contribution in [0.4, 0.5) is 4.79 Å². The zero-order chi connectivity index (χ0) is 27.4. The van der Waals surface area contributed by atoms with E-state index in [9.17, 15) is 4.79 Å². The summed E-state index contributed by atoms with van der Waals surface area (Å²) < 4.78 is 28.2. The molecule has 0 aromatic heterocycles. The lowest BCUT2D eigenvalue weighted by Crippen LogP contribution is -2.53. The van der Waals surface area contributed by atoms with Crippen molar-refractivity contribution in [2.75, 3.05) is 46.9 Å². The highest BCUT2D eigenvalue weighted by Crippen LogP contribution is 2.35. The quantitative estimate of drug-likeness (QED) is 0.236. The van der Waals surface area contributed by atoms with Crippen LogP contribution in [-0.2, 0) is 36.8 Å². The lowest BCUT2D eigenvalue weighted by atomic mass is 10.0. The SMILES string of the molecule is COCCOCOC[C@H](CCOC(=O)N1C(C)(C)COC1(C)C)N(Cc1ccccc1)Cc1ccccc1. The van der Waals surface area contributed by atoms with Crippen LogP contribution < -0.4 is 0 Å². The molecule has 1 saturated heterocycles. The summed E-state index contributed by atoms with van der Waals surface area (Å²) >= 11 is 0. The Kier molecular flexibility index (Phi) is 11.6. The van der Waals surface area contributed by atoms with Crippen LogP contribution in [0.3, 0.4) is 0 Å². The topological polar surface area (TPSA) is 69.7 Å². The molecule has 1 fully saturated rings. The first kappa shape index (κ1) is 30.1. The third-order valence-corrected chi connectivity index (χ3v) is 6.66. The van der Waals surface area contributed by atoms with Gasteiger partial charge in [0.15, 0.2) is 0 Å². The second kappa shape index (κ2) is 14.6. The maximum Gasteiger partial charge on any atom is 0.412 e. The molecule has 1 aliphatic rings. The minimum atomic E-state index is -0.713. The minimum Gasteiger partial charge on any atom is -0.449 e. The van der Waals surface area contributed by atoms with Gasteiger partial charge in [-0.1, -0.05) is 60.7 Å². The Morgan fingerprint density at radius 3 is 2.05 bits per heavy atom. The van der Waals surface area contributed by atoms with E-state index in [0.717, 1.165) is 13.1 Å². The molecule has 8 heteroatoms. The van der Waals surface area contributed by atoms with Gasteiger partial charge in [0.05, 0.1) is 38.6 Å². The molecule has 0 radical (unpaired) electrons. The summed E-state index contributed by atoms with van der Waals surface area (Å²) in [5.74, 6) is 0. The Labute approximate surface area is 227 Å². The Morgan fingerprint density at radius 2 is 1.53 bits per heavy atom. The lowest BCUT2D eigenvalue weighted by Gasteiger charge is -2.37. The standard InChI is InChI=1S/C30H44N2O6/c1-29(2)23-38-30(3,4)32(29)28(33)37-17-16-27(22-36-24-35-19-18-34-5)31(20-25-12-8-6-9-13-25)21-26-14-10-7-11-15-26/h6-15,27H,16-24H2,1-5H3/t27-/m0/s1. The number of nitrogens with zero attached hydrogens (tertiary/aromatic N) is 2. The van der Waals surface area contributed by atoms with Gasteiger partial charge in [-0.05, 0) is 45.2 Å². The molecule has 0 aliphatic carbocycles. The summed E-state index contributed by atoms with van der Waals surface area (Å²) in [5, 5.41) is 0. The fraction of sp³-hybridized carbons (Fsp3) is 0.567. The monoisotopic (exact) mass is 528 g/mol. The molecular weight excluding hydrogens is 484 g/mol. The second-order valence-electron chi connectivity index (χ2n) is 10.7. The minimum absolute atomic E-state index is 0.00918. The molecule has 2 aromatic rings. The van der Waals surface area contributed by atoms with Crippen molar-refractivity contribution in [1.82, 2.24) is 9.80 Å². The zero-order valence-electron chi connectivity index (χ0n) is 23.6. The predicted octanol–water partition coefficient (Wildman–Crippen LogP) is 5.07. The molecule has 0 spiro atoms. The van der Waals surface area contributed by atoms with Crippen LogP contribution >= 0.6 is 0 Å². The summed E-state index contributed by atoms with van der Waals surface area (Å²) in [7, 11) is 1.64. The fourth-order valence-corrected chi connectivity index (χ4v) is 4.79. The zero-order valence-corrected chi connectivity index (χ0v) is 23.6. The van der Waals surface area contributed by atoms with Crippen molar-refractivity contribution < 1.29 is 28.5 Å². The molecule has 8 nitrogen and oxygen atoms in total. The van der Waals surface area contributed by atoms with Gasteiger partial charge in [0.1, 0.15) is 12.5 Å². The van der Waals surface area contributed by atoms with E-state index in [1.807, 2.05) is 39.8 Å². The molecule has 0 saturated carbocycles. The van der Waals surface area contributed by atoms with Gasteiger partial charge in [0, 0.05) is 26.2 Å². The third kappa shape index (κ3) is 9.06. The van der Waals surface area contributed by atoms with Gasteiger partial charge in [-0.15, -0.1) is 0 Å². The van der Waals surface area contributed by atoms with Gasteiger partial charge in [-0.3, -0.25) is 9.80 Å². The van der Waals surface area contributed by atoms with Gasteiger partial charge in [-0.2, -0.15) is 0 Å². The molecule has 1 amide bonds. The van der Waals surface area contributed by atoms with Crippen LogP contribution in [0.2, 0.25) is 0 Å². The van der Waals surface area contributed by atoms with Crippen LogP contribution in [0.5, 0.6) is 0 Å². The summed E-state index contributed by atoms with van der Waals surface area (Å²) in [4.78, 5) is 17.2. The predicted molar refractivity (Wildman–Crippen MR) is 146 cm³/mol. The van der Waals surface area contributed by atoms with Gasteiger partial charge in [0.2, 0.25) is 0 Å². The van der Waals surface area contributed by atoms with Crippen LogP contribution in [-0.4, -0.2) is 80.1 Å². The largest absolute Gasteiger partial charge is 0.449 e. The summed E-state index contributed by atoms with van der Waals surface area (Å²) in [5.41, 5.74) is 1.27. The van der Waals surface area contributed by atoms with E-state index >= 15 is 0 Å². The average Bonchev–Trinajstić information content (AvgIpc) is 3.12. The second-order valence-corrected chi connectivity index (χ2v) is 10.7. The number of amides is 1. The first-order valence-corrected chi connectivity index (χ1v) is 13.3. The van der Waals surface area contributed by atoms with E-state index in [0.29, 0.717) is 32.8 Å². The number of carbonyl (C=O) groups is 1. The highest BCUT2D eigenvalue weighted by atomic mass is 16.7. The van der Waals surface area contributed by atoms with Gasteiger partial charge in [0.25, 0.3) is 0 Å². The van der Waals surface area contributed by atoms with E-state index in [2.05, 4.69) is 53.4 Å². The lowest BCUT2D eigenvalue weighted by molar-refractivity contribution is -0.0845. The highest BCUT2D eigenvalue weighted by molar-refractivity contribution is 5.69. The maximum absolute atomic E-state index is 13.1. The van der Waals surface area contributed by atoms with Crippen molar-refractivity contribution >= 4 is 6.09 Å². The summed E-state index contributed by atoms with van der Waals surface area (Å²) in [6, 6.07) is 20.7. The number of methoxy groups -OCH3 is 1. The van der Waals surface area contributed by atoms with E-state index in [-0.39, 0.29) is 25.5 Å². The Balaban J connectivity index is 1.70. The third-order valence-electron chi connectivity index (χ3n) is 6.66. The molecule has 210 valence electrons. The van der Waals surface area contributed by atoms with Crippen molar-refractivity contribution in [2.45, 2.75) is 64.5 Å². The Morgan fingerprint density at radius 1 is 0.921 bits per heavy atom. The number of carbonyl (C=O) groups excluding carboxylic acids is 1. The number of hydrogen-bond acceptors (Lipinski definition) is 7. The fourth-order valence-electron chi connectivity index (χ4n) is 4.79. The molecule has 3 rings (SSSR count). The summed E-state index contributed by atoms with van der Waals surface area (Å²) in [6.45, 7) is 11.6. The maximum atomic E-state index is 13.1. The van der Waals surface area contributed by atoms with Crippen molar-refractivity contribution in [3.05, 3.63) is 71.8 Å². The highest BCUT2D eigenvalue weighted by Gasteiger charge is 2.49. The summed E-state index contributed by atoms with van der Waals surface area (Å²) in [6.07, 6.45) is 0.247. The molecule has 1 aliphatic heterocycles. The van der Waals surface area contributed by atoms with Gasteiger partial charge >= 0.3 is 6.09 Å². The first-order valence-electron chi connectivity index (χ1n) is 13.3. The molecule has 2 aromatic carbocycles. The molecule has 0 N–H and O–H groups in total. The number of ether oxygens (including phenoxy) is 5. The molecule has 38 heavy (non-hydrogen) atoms. The van der Waals surface area contributed by atoms with Crippen molar-refractivity contribution in [1.29, 1.82) is 0 Å².